The van der Waals surface area contributed by atoms with Crippen LogP contribution in [0.25, 0.3) is 0 Å². The van der Waals surface area contributed by atoms with Gasteiger partial charge in [-0.2, -0.15) is 0 Å². The molecule has 1 aliphatic carbocycles. The van der Waals surface area contributed by atoms with Crippen LogP contribution in [0.5, 0.6) is 5.75 Å². The van der Waals surface area contributed by atoms with Crippen molar-refractivity contribution in [1.82, 2.24) is 4.98 Å². The third-order valence-electron chi connectivity index (χ3n) is 7.03. The first-order chi connectivity index (χ1) is 18.4. The maximum Gasteiger partial charge on any atom is 0.343 e. The van der Waals surface area contributed by atoms with Crippen molar-refractivity contribution in [3.05, 3.63) is 123 Å². The number of hydrogen-bond donors (Lipinski definition) is 1. The van der Waals surface area contributed by atoms with Gasteiger partial charge in [0.1, 0.15) is 11.5 Å². The molecule has 0 saturated heterocycles. The summed E-state index contributed by atoms with van der Waals surface area (Å²) in [6.45, 7) is 0. The summed E-state index contributed by atoms with van der Waals surface area (Å²) in [5, 5.41) is 11.0. The molecule has 1 saturated carbocycles. The van der Waals surface area contributed by atoms with Crippen LogP contribution in [0.1, 0.15) is 59.6 Å². The summed E-state index contributed by atoms with van der Waals surface area (Å²) < 4.78 is 31.4. The molecule has 0 aliphatic heterocycles. The number of benzene rings is 2. The van der Waals surface area contributed by atoms with Crippen LogP contribution in [0, 0.1) is 5.92 Å². The smallest absolute Gasteiger partial charge is 0.343 e. The molecule has 0 bridgehead atoms. The number of hydrogen-bond acceptors (Lipinski definition) is 6. The highest BCUT2D eigenvalue weighted by atomic mass is 32.2. The first-order valence-electron chi connectivity index (χ1n) is 13.0. The SMILES string of the molecule is O=c1oc(CCCCc2ccccc2)cc(O)c1C(c1cccc(CS(=O)(=O)c2ccccn2)c1)C1CC1. The average molecular weight is 530 g/mol. The van der Waals surface area contributed by atoms with Crippen LogP contribution in [-0.4, -0.2) is 18.5 Å². The van der Waals surface area contributed by atoms with Crippen molar-refractivity contribution in [2.45, 2.75) is 55.2 Å². The molecule has 0 radical (unpaired) electrons. The largest absolute Gasteiger partial charge is 0.507 e. The lowest BCUT2D eigenvalue weighted by molar-refractivity contribution is 0.400. The van der Waals surface area contributed by atoms with Gasteiger partial charge in [0, 0.05) is 24.6 Å². The quantitative estimate of drug-likeness (QED) is 0.246. The molecule has 0 spiro atoms. The summed E-state index contributed by atoms with van der Waals surface area (Å²) in [6, 6.07) is 23.9. The van der Waals surface area contributed by atoms with E-state index < -0.39 is 15.5 Å². The van der Waals surface area contributed by atoms with Gasteiger partial charge in [-0.25, -0.2) is 18.2 Å². The minimum absolute atomic E-state index is 0.0294. The lowest BCUT2D eigenvalue weighted by atomic mass is 9.86. The lowest BCUT2D eigenvalue weighted by Gasteiger charge is -2.18. The van der Waals surface area contributed by atoms with Crippen molar-refractivity contribution < 1.29 is 17.9 Å². The third kappa shape index (κ3) is 6.22. The van der Waals surface area contributed by atoms with Crippen LogP contribution >= 0.6 is 0 Å². The van der Waals surface area contributed by atoms with Gasteiger partial charge in [-0.15, -0.1) is 0 Å². The van der Waals surface area contributed by atoms with Crippen LogP contribution in [0.4, 0.5) is 0 Å². The highest BCUT2D eigenvalue weighted by Gasteiger charge is 2.37. The van der Waals surface area contributed by atoms with Gasteiger partial charge in [-0.05, 0) is 66.8 Å². The summed E-state index contributed by atoms with van der Waals surface area (Å²) in [5.74, 6) is 0.0772. The van der Waals surface area contributed by atoms with Crippen molar-refractivity contribution in [3.63, 3.8) is 0 Å². The highest BCUT2D eigenvalue weighted by molar-refractivity contribution is 7.90. The second-order valence-corrected chi connectivity index (χ2v) is 11.9. The molecule has 1 fully saturated rings. The molecular formula is C31H31NO5S. The maximum absolute atomic E-state index is 13.1. The molecule has 196 valence electrons. The van der Waals surface area contributed by atoms with E-state index in [-0.39, 0.29) is 33.9 Å². The van der Waals surface area contributed by atoms with E-state index in [1.54, 1.807) is 30.3 Å². The number of aryl methyl sites for hydroxylation is 2. The Balaban J connectivity index is 1.33. The van der Waals surface area contributed by atoms with E-state index in [9.17, 15) is 18.3 Å². The number of nitrogens with zero attached hydrogens (tertiary/aromatic N) is 1. The van der Waals surface area contributed by atoms with Gasteiger partial charge in [0.25, 0.3) is 0 Å². The van der Waals surface area contributed by atoms with Crippen molar-refractivity contribution in [2.24, 2.45) is 5.92 Å². The Morgan fingerprint density at radius 3 is 2.34 bits per heavy atom. The second-order valence-electron chi connectivity index (χ2n) is 9.98. The predicted octanol–water partition coefficient (Wildman–Crippen LogP) is 5.82. The van der Waals surface area contributed by atoms with E-state index in [2.05, 4.69) is 17.1 Å². The van der Waals surface area contributed by atoms with Crippen molar-refractivity contribution in [3.8, 4) is 5.75 Å². The fourth-order valence-corrected chi connectivity index (χ4v) is 6.30. The van der Waals surface area contributed by atoms with E-state index in [1.807, 2.05) is 30.3 Å². The zero-order valence-corrected chi connectivity index (χ0v) is 21.9. The summed E-state index contributed by atoms with van der Waals surface area (Å²) in [4.78, 5) is 17.1. The average Bonchev–Trinajstić information content (AvgIpc) is 3.75. The van der Waals surface area contributed by atoms with E-state index in [1.165, 1.54) is 17.8 Å². The molecule has 1 aliphatic rings. The van der Waals surface area contributed by atoms with E-state index in [4.69, 9.17) is 4.42 Å². The number of rotatable bonds is 11. The zero-order valence-electron chi connectivity index (χ0n) is 21.1. The fraction of sp³-hybridized carbons (Fsp3) is 0.290. The first kappa shape index (κ1) is 25.9. The Labute approximate surface area is 222 Å². The number of pyridine rings is 1. The summed E-state index contributed by atoms with van der Waals surface area (Å²) in [5.41, 5.74) is 2.42. The third-order valence-corrected chi connectivity index (χ3v) is 8.62. The predicted molar refractivity (Wildman–Crippen MR) is 146 cm³/mol. The molecule has 2 aromatic carbocycles. The minimum Gasteiger partial charge on any atom is -0.507 e. The van der Waals surface area contributed by atoms with Crippen LogP contribution in [0.3, 0.4) is 0 Å². The van der Waals surface area contributed by atoms with E-state index in [0.29, 0.717) is 17.7 Å². The van der Waals surface area contributed by atoms with E-state index >= 15 is 0 Å². The van der Waals surface area contributed by atoms with Gasteiger partial charge in [0.2, 0.25) is 0 Å². The zero-order chi connectivity index (χ0) is 26.5. The lowest BCUT2D eigenvalue weighted by Crippen LogP contribution is -2.17. The van der Waals surface area contributed by atoms with Gasteiger partial charge >= 0.3 is 5.63 Å². The minimum atomic E-state index is -3.62. The molecule has 1 unspecified atom stereocenters. The molecule has 0 amide bonds. The molecule has 4 aromatic rings. The van der Waals surface area contributed by atoms with Gasteiger partial charge in [0.05, 0.1) is 11.3 Å². The Hall–Kier alpha value is -3.71. The molecule has 2 aromatic heterocycles. The summed E-state index contributed by atoms with van der Waals surface area (Å²) in [6.07, 6.45) is 6.64. The molecule has 5 rings (SSSR count). The standard InChI is InChI=1S/C31H31NO5S/c33-27-20-26(14-5-4-11-22-9-2-1-3-10-22)37-31(34)30(27)29(24-16-17-24)25-13-8-12-23(19-25)21-38(35,36)28-15-6-7-18-32-28/h1-3,6-10,12-13,15,18-20,24,29,33H,4-5,11,14,16-17,21H2. The molecule has 38 heavy (non-hydrogen) atoms. The number of sulfone groups is 1. The van der Waals surface area contributed by atoms with Gasteiger partial charge in [-0.1, -0.05) is 60.7 Å². The molecule has 2 heterocycles. The molecule has 1 atom stereocenters. The van der Waals surface area contributed by atoms with Gasteiger partial charge in [-0.3, -0.25) is 0 Å². The molecular weight excluding hydrogens is 498 g/mol. The number of unbranched alkanes of at least 4 members (excludes halogenated alkanes) is 1. The number of aromatic nitrogens is 1. The van der Waals surface area contributed by atoms with Crippen LogP contribution in [0.2, 0.25) is 0 Å². The Morgan fingerprint density at radius 1 is 0.895 bits per heavy atom. The van der Waals surface area contributed by atoms with Crippen LogP contribution < -0.4 is 5.63 Å². The molecule has 1 N–H and O–H groups in total. The van der Waals surface area contributed by atoms with Crippen molar-refractivity contribution in [1.29, 1.82) is 0 Å². The van der Waals surface area contributed by atoms with Gasteiger partial charge in [0.15, 0.2) is 14.9 Å². The topological polar surface area (TPSA) is 97.5 Å². The first-order valence-corrected chi connectivity index (χ1v) is 14.7. The van der Waals surface area contributed by atoms with Crippen LogP contribution in [-0.2, 0) is 28.4 Å². The maximum atomic E-state index is 13.1. The fourth-order valence-electron chi connectivity index (χ4n) is 5.03. The molecule has 6 nitrogen and oxygen atoms in total. The van der Waals surface area contributed by atoms with Crippen molar-refractivity contribution in [2.75, 3.05) is 0 Å². The second kappa shape index (κ2) is 11.4. The Morgan fingerprint density at radius 2 is 1.63 bits per heavy atom. The summed E-state index contributed by atoms with van der Waals surface area (Å²) in [7, 11) is -3.62. The van der Waals surface area contributed by atoms with Crippen LogP contribution in [0.15, 0.2) is 99.3 Å². The number of aromatic hydroxyl groups is 1. The summed E-state index contributed by atoms with van der Waals surface area (Å²) >= 11 is 0. The highest BCUT2D eigenvalue weighted by Crippen LogP contribution is 2.47. The molecule has 7 heteroatoms. The van der Waals surface area contributed by atoms with Crippen molar-refractivity contribution >= 4 is 9.84 Å². The Bertz CT molecular complexity index is 1540. The van der Waals surface area contributed by atoms with Gasteiger partial charge < -0.3 is 9.52 Å². The normalized spacial score (nSPS) is 14.3. The monoisotopic (exact) mass is 529 g/mol. The van der Waals surface area contributed by atoms with E-state index in [0.717, 1.165) is 37.7 Å². The Kier molecular flexibility index (Phi) is 7.74.